The van der Waals surface area contributed by atoms with Gasteiger partial charge in [0.2, 0.25) is 0 Å². The summed E-state index contributed by atoms with van der Waals surface area (Å²) < 4.78 is 3.29. The summed E-state index contributed by atoms with van der Waals surface area (Å²) in [4.78, 5) is 5.81. The van der Waals surface area contributed by atoms with Gasteiger partial charge in [0, 0.05) is 6.42 Å². The van der Waals surface area contributed by atoms with Crippen molar-refractivity contribution in [3.63, 3.8) is 0 Å². The molecule has 0 radical (unpaired) electrons. The average Bonchev–Trinajstić information content (AvgIpc) is 2.40. The predicted molar refractivity (Wildman–Crippen MR) is 72.7 cm³/mol. The molecule has 0 spiro atoms. The topological polar surface area (TPSA) is 24.4 Å². The van der Waals surface area contributed by atoms with Crippen molar-refractivity contribution in [2.75, 3.05) is 0 Å². The Labute approximate surface area is 105 Å². The Morgan fingerprint density at radius 1 is 0.941 bits per heavy atom. The van der Waals surface area contributed by atoms with Gasteiger partial charge in [-0.15, -0.1) is 0 Å². The average molecular weight is 240 g/mol. The molecule has 0 atom stereocenters. The Balaban J connectivity index is 1.85. The molecule has 0 unspecified atom stereocenters. The first-order valence-corrected chi connectivity index (χ1v) is 6.37. The maximum atomic E-state index is 4.63. The SMILES string of the molecule is c1ccc(CC2=Nc3ccccc3SN2)cc1. The van der Waals surface area contributed by atoms with E-state index in [0.717, 1.165) is 17.9 Å². The van der Waals surface area contributed by atoms with Crippen molar-refractivity contribution >= 4 is 23.5 Å². The number of rotatable bonds is 2. The Hall–Kier alpha value is -1.74. The number of amidine groups is 1. The first-order chi connectivity index (χ1) is 8.42. The van der Waals surface area contributed by atoms with Gasteiger partial charge in [0.1, 0.15) is 5.84 Å². The molecular formula is C14H12N2S. The molecule has 1 N–H and O–H groups in total. The fourth-order valence-corrected chi connectivity index (χ4v) is 2.49. The van der Waals surface area contributed by atoms with Gasteiger partial charge in [-0.3, -0.25) is 0 Å². The van der Waals surface area contributed by atoms with Crippen molar-refractivity contribution < 1.29 is 0 Å². The summed E-state index contributed by atoms with van der Waals surface area (Å²) in [6.07, 6.45) is 0.849. The summed E-state index contributed by atoms with van der Waals surface area (Å²) in [6.45, 7) is 0. The first-order valence-electron chi connectivity index (χ1n) is 5.55. The van der Waals surface area contributed by atoms with E-state index in [1.807, 2.05) is 24.3 Å². The zero-order valence-corrected chi connectivity index (χ0v) is 10.1. The third-order valence-electron chi connectivity index (χ3n) is 2.61. The molecule has 0 saturated heterocycles. The molecule has 0 aliphatic carbocycles. The van der Waals surface area contributed by atoms with Crippen molar-refractivity contribution in [3.05, 3.63) is 60.2 Å². The van der Waals surface area contributed by atoms with E-state index in [1.165, 1.54) is 10.5 Å². The van der Waals surface area contributed by atoms with E-state index < -0.39 is 0 Å². The molecule has 0 fully saturated rings. The zero-order chi connectivity index (χ0) is 11.5. The number of hydrogen-bond acceptors (Lipinski definition) is 3. The van der Waals surface area contributed by atoms with Gasteiger partial charge in [0.25, 0.3) is 0 Å². The van der Waals surface area contributed by atoms with Crippen LogP contribution in [-0.2, 0) is 6.42 Å². The van der Waals surface area contributed by atoms with E-state index in [4.69, 9.17) is 0 Å². The summed E-state index contributed by atoms with van der Waals surface area (Å²) in [5.41, 5.74) is 2.33. The van der Waals surface area contributed by atoms with Crippen molar-refractivity contribution in [2.24, 2.45) is 4.99 Å². The molecular weight excluding hydrogens is 228 g/mol. The van der Waals surface area contributed by atoms with E-state index >= 15 is 0 Å². The summed E-state index contributed by atoms with van der Waals surface area (Å²) >= 11 is 1.64. The van der Waals surface area contributed by atoms with Crippen LogP contribution in [0.4, 0.5) is 5.69 Å². The first kappa shape index (κ1) is 10.4. The van der Waals surface area contributed by atoms with E-state index in [0.29, 0.717) is 0 Å². The molecule has 0 bridgehead atoms. The largest absolute Gasteiger partial charge is 0.313 e. The van der Waals surface area contributed by atoms with E-state index in [-0.39, 0.29) is 0 Å². The van der Waals surface area contributed by atoms with Crippen molar-refractivity contribution in [2.45, 2.75) is 11.3 Å². The maximum Gasteiger partial charge on any atom is 0.117 e. The minimum absolute atomic E-state index is 0.849. The Morgan fingerprint density at radius 2 is 1.71 bits per heavy atom. The minimum atomic E-state index is 0.849. The highest BCUT2D eigenvalue weighted by Crippen LogP contribution is 2.31. The van der Waals surface area contributed by atoms with Gasteiger partial charge < -0.3 is 4.72 Å². The standard InChI is InChI=1S/C14H12N2S/c1-2-6-11(7-3-1)10-14-15-12-8-4-5-9-13(12)17-16-14/h1-9H,10H2,(H,15,16). The van der Waals surface area contributed by atoms with Crippen molar-refractivity contribution in [3.8, 4) is 0 Å². The van der Waals surface area contributed by atoms with Crippen LogP contribution in [0.2, 0.25) is 0 Å². The second kappa shape index (κ2) is 4.63. The van der Waals surface area contributed by atoms with Crippen LogP contribution < -0.4 is 4.72 Å². The predicted octanol–water partition coefficient (Wildman–Crippen LogP) is 3.57. The molecule has 0 saturated carbocycles. The number of para-hydroxylation sites is 1. The third-order valence-corrected chi connectivity index (χ3v) is 3.52. The van der Waals surface area contributed by atoms with Gasteiger partial charge in [0.05, 0.1) is 10.6 Å². The van der Waals surface area contributed by atoms with Gasteiger partial charge >= 0.3 is 0 Å². The lowest BCUT2D eigenvalue weighted by atomic mass is 10.1. The van der Waals surface area contributed by atoms with Crippen molar-refractivity contribution in [1.82, 2.24) is 4.72 Å². The lowest BCUT2D eigenvalue weighted by molar-refractivity contribution is 1.19. The van der Waals surface area contributed by atoms with Crippen LogP contribution in [0.1, 0.15) is 5.56 Å². The maximum absolute atomic E-state index is 4.63. The fourth-order valence-electron chi connectivity index (χ4n) is 1.78. The number of hydrogen-bond donors (Lipinski definition) is 1. The number of aliphatic imine (C=N–C) groups is 1. The molecule has 3 rings (SSSR count). The number of nitrogens with zero attached hydrogens (tertiary/aromatic N) is 1. The summed E-state index contributed by atoms with van der Waals surface area (Å²) in [5.74, 6) is 1.01. The van der Waals surface area contributed by atoms with Crippen LogP contribution in [0.25, 0.3) is 0 Å². The molecule has 2 aromatic rings. The second-order valence-electron chi connectivity index (χ2n) is 3.89. The van der Waals surface area contributed by atoms with Crippen LogP contribution in [0.5, 0.6) is 0 Å². The van der Waals surface area contributed by atoms with Crippen LogP contribution in [0, 0.1) is 0 Å². The van der Waals surface area contributed by atoms with Crippen LogP contribution in [0.3, 0.4) is 0 Å². The highest BCUT2D eigenvalue weighted by Gasteiger charge is 2.11. The molecule has 84 valence electrons. The third kappa shape index (κ3) is 2.34. The van der Waals surface area contributed by atoms with Gasteiger partial charge in [-0.1, -0.05) is 42.5 Å². The van der Waals surface area contributed by atoms with Gasteiger partial charge in [-0.25, -0.2) is 4.99 Å². The van der Waals surface area contributed by atoms with Crippen LogP contribution in [-0.4, -0.2) is 5.84 Å². The quantitative estimate of drug-likeness (QED) is 0.811. The van der Waals surface area contributed by atoms with E-state index in [1.54, 1.807) is 11.9 Å². The molecule has 0 amide bonds. The van der Waals surface area contributed by atoms with E-state index in [9.17, 15) is 0 Å². The molecule has 3 heteroatoms. The highest BCUT2D eigenvalue weighted by atomic mass is 32.2. The Kier molecular flexibility index (Phi) is 2.84. The highest BCUT2D eigenvalue weighted by molar-refractivity contribution is 7.98. The fraction of sp³-hybridized carbons (Fsp3) is 0.0714. The Bertz CT molecular complexity index is 549. The summed E-state index contributed by atoms with van der Waals surface area (Å²) in [7, 11) is 0. The van der Waals surface area contributed by atoms with Gasteiger partial charge in [-0.2, -0.15) is 0 Å². The monoisotopic (exact) mass is 240 g/mol. The molecule has 1 aliphatic heterocycles. The number of fused-ring (bicyclic) bond motifs is 1. The normalized spacial score (nSPS) is 13.5. The molecule has 2 nitrogen and oxygen atoms in total. The molecule has 2 aromatic carbocycles. The van der Waals surface area contributed by atoms with Gasteiger partial charge in [-0.05, 0) is 29.6 Å². The van der Waals surface area contributed by atoms with Crippen molar-refractivity contribution in [1.29, 1.82) is 0 Å². The van der Waals surface area contributed by atoms with E-state index in [2.05, 4.69) is 40.0 Å². The van der Waals surface area contributed by atoms with Gasteiger partial charge in [0.15, 0.2) is 0 Å². The van der Waals surface area contributed by atoms with Crippen LogP contribution in [0.15, 0.2) is 64.5 Å². The zero-order valence-electron chi connectivity index (χ0n) is 9.26. The number of nitrogens with one attached hydrogen (secondary N) is 1. The summed E-state index contributed by atoms with van der Waals surface area (Å²) in [5, 5.41) is 0. The molecule has 1 aliphatic rings. The number of benzene rings is 2. The second-order valence-corrected chi connectivity index (χ2v) is 4.74. The lowest BCUT2D eigenvalue weighted by Crippen LogP contribution is -2.20. The molecule has 0 aromatic heterocycles. The van der Waals surface area contributed by atoms with Crippen LogP contribution >= 0.6 is 11.9 Å². The molecule has 17 heavy (non-hydrogen) atoms. The molecule has 1 heterocycles. The summed E-state index contributed by atoms with van der Waals surface area (Å²) in [6, 6.07) is 18.6. The minimum Gasteiger partial charge on any atom is -0.313 e. The Morgan fingerprint density at radius 3 is 2.59 bits per heavy atom. The smallest absolute Gasteiger partial charge is 0.117 e. The lowest BCUT2D eigenvalue weighted by Gasteiger charge is -2.16.